The molecule has 0 aromatic rings. The monoisotopic (exact) mass is 300 g/mol. The van der Waals surface area contributed by atoms with E-state index in [1.54, 1.807) is 0 Å². The minimum atomic E-state index is 0. The van der Waals surface area contributed by atoms with E-state index in [0.717, 1.165) is 20.4 Å². The Bertz CT molecular complexity index is 11.6. The molecule has 0 aliphatic carbocycles. The molecule has 4 heteroatoms. The van der Waals surface area contributed by atoms with Gasteiger partial charge in [0.25, 0.3) is 0 Å². The van der Waals surface area contributed by atoms with Crippen LogP contribution in [0.2, 0.25) is 0 Å². The second kappa shape index (κ2) is 18.2. The molecule has 0 heterocycles. The van der Waals surface area contributed by atoms with Crippen molar-refractivity contribution in [3.05, 3.63) is 0 Å². The summed E-state index contributed by atoms with van der Waals surface area (Å²) in [5, 5.41) is 0. The second-order valence-electron chi connectivity index (χ2n) is 0. The van der Waals surface area contributed by atoms with Gasteiger partial charge in [-0.25, -0.2) is 0 Å². The second-order valence-corrected chi connectivity index (χ2v) is 0. The molecule has 0 aromatic heterocycles. The van der Waals surface area contributed by atoms with E-state index in [1.165, 1.54) is 0 Å². The first kappa shape index (κ1) is 16.1. The van der Waals surface area contributed by atoms with Gasteiger partial charge in [0.05, 0.1) is 0 Å². The summed E-state index contributed by atoms with van der Waals surface area (Å²) in [5.74, 6) is 0. The average Bonchev–Trinajstić information content (AvgIpc) is 1.00. The first-order chi connectivity index (χ1) is 1.00. The molecule has 0 bridgehead atoms. The standard InChI is InChI=1S/Bi.Na.O.Ti.4H/q;+1;;;;;;-1. The summed E-state index contributed by atoms with van der Waals surface area (Å²) in [4.78, 5) is 0. The third kappa shape index (κ3) is 8.83. The summed E-state index contributed by atoms with van der Waals surface area (Å²) >= 11 is 0.750. The summed E-state index contributed by atoms with van der Waals surface area (Å²) in [6, 6.07) is 0. The Morgan fingerprint density at radius 3 is 1.50 bits per heavy atom. The number of hydrogen-bond acceptors (Lipinski definition) is 1. The van der Waals surface area contributed by atoms with E-state index in [1.807, 2.05) is 0 Å². The van der Waals surface area contributed by atoms with Gasteiger partial charge >= 0.3 is 79.5 Å². The third-order valence-corrected chi connectivity index (χ3v) is 0. The van der Waals surface area contributed by atoms with Crippen LogP contribution in [0.5, 0.6) is 0 Å². The molecular weight excluding hydrogens is 296 g/mol. The Hall–Kier alpha value is 2.40. The van der Waals surface area contributed by atoms with E-state index in [-0.39, 0.29) is 57.2 Å². The van der Waals surface area contributed by atoms with Gasteiger partial charge in [-0.2, -0.15) is 0 Å². The van der Waals surface area contributed by atoms with E-state index < -0.39 is 0 Å². The topological polar surface area (TPSA) is 17.1 Å². The first-order valence-corrected chi connectivity index (χ1v) is 0.842. The molecule has 0 unspecified atom stereocenters. The Balaban J connectivity index is -0.00000000167. The van der Waals surface area contributed by atoms with E-state index >= 15 is 0 Å². The molecule has 0 amide bonds. The predicted octanol–water partition coefficient (Wildman–Crippen LogP) is -4.19. The fourth-order valence-corrected chi connectivity index (χ4v) is 0. The van der Waals surface area contributed by atoms with Crippen molar-refractivity contribution in [1.29, 1.82) is 0 Å². The van der Waals surface area contributed by atoms with Gasteiger partial charge in [0, 0.05) is 0 Å². The van der Waals surface area contributed by atoms with Crippen molar-refractivity contribution in [2.24, 2.45) is 0 Å². The molecule has 0 aliphatic heterocycles. The van der Waals surface area contributed by atoms with Gasteiger partial charge in [-0.15, -0.1) is 0 Å². The normalized spacial score (nSPS) is 0.750. The van der Waals surface area contributed by atoms with Crippen LogP contribution in [-0.4, -0.2) is 26.2 Å². The van der Waals surface area contributed by atoms with Gasteiger partial charge < -0.3 is 1.43 Å². The van der Waals surface area contributed by atoms with Crippen LogP contribution in [0.4, 0.5) is 0 Å². The van der Waals surface area contributed by atoms with Gasteiger partial charge in [0.1, 0.15) is 0 Å². The van der Waals surface area contributed by atoms with Crippen LogP contribution in [0, 0.1) is 0 Å². The molecule has 1 nitrogen and oxygen atoms in total. The van der Waals surface area contributed by atoms with Crippen molar-refractivity contribution in [2.75, 3.05) is 0 Å². The van der Waals surface area contributed by atoms with Crippen LogP contribution in [0.15, 0.2) is 0 Å². The predicted molar refractivity (Wildman–Crippen MR) is 11.7 cm³/mol. The van der Waals surface area contributed by atoms with Crippen LogP contribution >= 0.6 is 0 Å². The van der Waals surface area contributed by atoms with E-state index in [0.29, 0.717) is 0 Å². The quantitative estimate of drug-likeness (QED) is 0.415. The zero-order chi connectivity index (χ0) is 2.00. The van der Waals surface area contributed by atoms with Crippen LogP contribution in [0.1, 0.15) is 1.43 Å². The number of hydrogen-bond donors (Lipinski definition) is 0. The Morgan fingerprint density at radius 2 is 1.50 bits per heavy atom. The molecule has 0 radical (unpaired) electrons. The maximum atomic E-state index is 8.25. The third-order valence-electron chi connectivity index (χ3n) is 0. The van der Waals surface area contributed by atoms with Crippen molar-refractivity contribution >= 4 is 26.2 Å². The van der Waals surface area contributed by atoms with Crippen molar-refractivity contribution in [3.63, 3.8) is 0 Å². The number of rotatable bonds is 0. The Morgan fingerprint density at radius 1 is 1.50 bits per heavy atom. The van der Waals surface area contributed by atoms with Gasteiger partial charge in [-0.1, -0.05) is 0 Å². The van der Waals surface area contributed by atoms with Crippen LogP contribution in [0.3, 0.4) is 0 Å². The molecular formula is H4BiNaOTi. The summed E-state index contributed by atoms with van der Waals surface area (Å²) in [6.07, 6.45) is 0. The molecule has 0 atom stereocenters. The summed E-state index contributed by atoms with van der Waals surface area (Å²) in [7, 11) is 0. The SMILES string of the molecule is [BiH3].[H-].[Na+].[O]=[Ti]. The fraction of sp³-hybridized carbons (Fsp3) is 0. The Kier molecular flexibility index (Phi) is 73.3. The van der Waals surface area contributed by atoms with E-state index in [2.05, 4.69) is 0 Å². The average molecular weight is 300 g/mol. The summed E-state index contributed by atoms with van der Waals surface area (Å²) in [5.41, 5.74) is 0. The first-order valence-electron chi connectivity index (χ1n) is 0.204. The molecule has 0 fully saturated rings. The van der Waals surface area contributed by atoms with Gasteiger partial charge in [-0.3, -0.25) is 0 Å². The van der Waals surface area contributed by atoms with Crippen molar-refractivity contribution < 1.29 is 54.7 Å². The fourth-order valence-electron chi connectivity index (χ4n) is 0. The molecule has 0 N–H and O–H groups in total. The van der Waals surface area contributed by atoms with Gasteiger partial charge in [0.15, 0.2) is 0 Å². The molecule has 0 spiro atoms. The van der Waals surface area contributed by atoms with Crippen molar-refractivity contribution in [1.82, 2.24) is 0 Å². The van der Waals surface area contributed by atoms with Crippen LogP contribution in [-0.2, 0) is 23.7 Å². The molecule has 4 heavy (non-hydrogen) atoms. The maximum absolute atomic E-state index is 8.25. The molecule has 20 valence electrons. The van der Waals surface area contributed by atoms with Crippen molar-refractivity contribution in [3.8, 4) is 0 Å². The molecule has 0 aromatic carbocycles. The molecule has 0 saturated carbocycles. The zero-order valence-corrected chi connectivity index (χ0v) is 11.7. The minimum absolute atomic E-state index is 0. The van der Waals surface area contributed by atoms with Crippen LogP contribution < -0.4 is 29.6 Å². The van der Waals surface area contributed by atoms with Crippen LogP contribution in [0.25, 0.3) is 0 Å². The van der Waals surface area contributed by atoms with Crippen molar-refractivity contribution in [2.45, 2.75) is 0 Å². The zero-order valence-electron chi connectivity index (χ0n) is 3.62. The van der Waals surface area contributed by atoms with Gasteiger partial charge in [-0.05, 0) is 0 Å². The summed E-state index contributed by atoms with van der Waals surface area (Å²) < 4.78 is 8.25. The van der Waals surface area contributed by atoms with E-state index in [4.69, 9.17) is 3.32 Å². The Labute approximate surface area is 79.5 Å². The van der Waals surface area contributed by atoms with Gasteiger partial charge in [0.2, 0.25) is 0 Å². The summed E-state index contributed by atoms with van der Waals surface area (Å²) in [6.45, 7) is 0. The van der Waals surface area contributed by atoms with E-state index in [9.17, 15) is 0 Å². The molecule has 0 rings (SSSR count). The molecule has 0 saturated heterocycles. The molecule has 0 aliphatic rings.